The Hall–Kier alpha value is -3.13. The summed E-state index contributed by atoms with van der Waals surface area (Å²) >= 11 is 0. The van der Waals surface area contributed by atoms with Gasteiger partial charge in [0.25, 0.3) is 5.69 Å². The molecule has 2 aromatic carbocycles. The van der Waals surface area contributed by atoms with Crippen LogP contribution in [0.5, 0.6) is 5.75 Å². The fourth-order valence-corrected chi connectivity index (χ4v) is 4.97. The van der Waals surface area contributed by atoms with E-state index < -0.39 is 31.6 Å². The van der Waals surface area contributed by atoms with Crippen LogP contribution in [0.1, 0.15) is 21.5 Å². The Morgan fingerprint density at radius 2 is 1.94 bits per heavy atom. The summed E-state index contributed by atoms with van der Waals surface area (Å²) in [7, 11) is -4.18. The lowest BCUT2D eigenvalue weighted by Crippen LogP contribution is -2.41. The molecule has 0 amide bonds. The lowest BCUT2D eigenvalue weighted by Gasteiger charge is -2.26. The molecule has 0 bridgehead atoms. The van der Waals surface area contributed by atoms with Gasteiger partial charge in [-0.1, -0.05) is 0 Å². The van der Waals surface area contributed by atoms with Crippen molar-refractivity contribution < 1.29 is 41.5 Å². The van der Waals surface area contributed by atoms with E-state index in [9.17, 15) is 27.7 Å². The van der Waals surface area contributed by atoms with Gasteiger partial charge in [-0.3, -0.25) is 10.1 Å². The van der Waals surface area contributed by atoms with Gasteiger partial charge >= 0.3 is 5.97 Å². The number of nitro groups is 1. The van der Waals surface area contributed by atoms with Crippen molar-refractivity contribution >= 4 is 21.7 Å². The summed E-state index contributed by atoms with van der Waals surface area (Å²) in [5.74, 6) is -1.62. The largest absolute Gasteiger partial charge is 0.467 e. The highest BCUT2D eigenvalue weighted by Gasteiger charge is 2.30. The summed E-state index contributed by atoms with van der Waals surface area (Å²) in [4.78, 5) is 22.6. The van der Waals surface area contributed by atoms with Crippen LogP contribution in [0, 0.1) is 15.9 Å². The van der Waals surface area contributed by atoms with Gasteiger partial charge in [-0.2, -0.15) is 4.31 Å². The lowest BCUT2D eigenvalue weighted by atomic mass is 10.1. The number of sulfonamides is 1. The van der Waals surface area contributed by atoms with Gasteiger partial charge in [0.2, 0.25) is 10.0 Å². The molecule has 0 atom stereocenters. The molecule has 2 aliphatic heterocycles. The number of hydrogen-bond donors (Lipinski definition) is 0. The average Bonchev–Trinajstić information content (AvgIpc) is 2.82. The summed E-state index contributed by atoms with van der Waals surface area (Å²) in [5, 5.41) is 11.2. The zero-order valence-electron chi connectivity index (χ0n) is 17.2. The van der Waals surface area contributed by atoms with Gasteiger partial charge in [0.05, 0.1) is 30.3 Å². The number of ether oxygens (including phenoxy) is 4. The molecule has 11 nitrogen and oxygen atoms in total. The number of esters is 1. The van der Waals surface area contributed by atoms with Crippen LogP contribution < -0.4 is 4.74 Å². The molecule has 0 saturated carbocycles. The third-order valence-electron chi connectivity index (χ3n) is 5.10. The van der Waals surface area contributed by atoms with E-state index in [1.54, 1.807) is 0 Å². The average molecular weight is 482 g/mol. The Labute approximate surface area is 187 Å². The minimum Gasteiger partial charge on any atom is -0.467 e. The van der Waals surface area contributed by atoms with Crippen LogP contribution in [0.3, 0.4) is 0 Å². The van der Waals surface area contributed by atoms with Crippen molar-refractivity contribution in [3.63, 3.8) is 0 Å². The monoisotopic (exact) mass is 482 g/mol. The molecule has 2 heterocycles. The van der Waals surface area contributed by atoms with Gasteiger partial charge in [-0.15, -0.1) is 0 Å². The van der Waals surface area contributed by atoms with E-state index >= 15 is 0 Å². The molecule has 2 aliphatic rings. The van der Waals surface area contributed by atoms with E-state index in [0.29, 0.717) is 11.3 Å². The molecular weight excluding hydrogens is 463 g/mol. The molecule has 13 heteroatoms. The number of benzene rings is 2. The number of morpholine rings is 1. The number of carbonyl (C=O) groups excluding carboxylic acids is 1. The third kappa shape index (κ3) is 4.80. The summed E-state index contributed by atoms with van der Waals surface area (Å²) in [5.41, 5.74) is 0.266. The van der Waals surface area contributed by atoms with Gasteiger partial charge in [0, 0.05) is 36.3 Å². The Balaban J connectivity index is 1.56. The number of nitrogens with zero attached hydrogens (tertiary/aromatic N) is 2. The van der Waals surface area contributed by atoms with E-state index in [2.05, 4.69) is 0 Å². The molecule has 1 fully saturated rings. The first-order valence-electron chi connectivity index (χ1n) is 9.82. The van der Waals surface area contributed by atoms with E-state index in [-0.39, 0.29) is 63.1 Å². The molecule has 0 aromatic heterocycles. The van der Waals surface area contributed by atoms with Crippen LogP contribution in [-0.2, 0) is 37.4 Å². The van der Waals surface area contributed by atoms with Crippen molar-refractivity contribution in [3.05, 3.63) is 63.0 Å². The van der Waals surface area contributed by atoms with Crippen LogP contribution in [-0.4, -0.2) is 56.7 Å². The van der Waals surface area contributed by atoms with Crippen LogP contribution >= 0.6 is 0 Å². The standard InChI is InChI=1S/C20H19FN2O9S/c21-17-2-1-13(9-18(17)33(27,28)22-3-5-29-6-4-22)20(24)31-11-15-8-16(23(25)26)7-14-10-30-12-32-19(14)15/h1-2,7-9H,3-6,10-12H2. The smallest absolute Gasteiger partial charge is 0.338 e. The van der Waals surface area contributed by atoms with Gasteiger partial charge in [-0.25, -0.2) is 17.6 Å². The third-order valence-corrected chi connectivity index (χ3v) is 7.01. The lowest BCUT2D eigenvalue weighted by molar-refractivity contribution is -0.385. The molecule has 0 spiro atoms. The van der Waals surface area contributed by atoms with Crippen molar-refractivity contribution in [3.8, 4) is 5.75 Å². The Morgan fingerprint density at radius 1 is 1.18 bits per heavy atom. The first kappa shape index (κ1) is 23.0. The summed E-state index contributed by atoms with van der Waals surface area (Å²) < 4.78 is 61.9. The maximum absolute atomic E-state index is 14.4. The zero-order valence-corrected chi connectivity index (χ0v) is 18.0. The SMILES string of the molecule is O=C(OCc1cc([N+](=O)[O-])cc2c1OCOC2)c1ccc(F)c(S(=O)(=O)N2CCOCC2)c1. The van der Waals surface area contributed by atoms with Gasteiger partial charge in [0.1, 0.15) is 23.1 Å². The highest BCUT2D eigenvalue weighted by molar-refractivity contribution is 7.89. The number of fused-ring (bicyclic) bond motifs is 1. The molecule has 176 valence electrons. The molecule has 2 aromatic rings. The second kappa shape index (κ2) is 9.39. The van der Waals surface area contributed by atoms with Crippen LogP contribution in [0.25, 0.3) is 0 Å². The van der Waals surface area contributed by atoms with Gasteiger partial charge in [0.15, 0.2) is 6.79 Å². The van der Waals surface area contributed by atoms with Crippen LogP contribution in [0.2, 0.25) is 0 Å². The van der Waals surface area contributed by atoms with Crippen molar-refractivity contribution in [1.29, 1.82) is 0 Å². The minimum absolute atomic E-state index is 0.0630. The summed E-state index contributed by atoms with van der Waals surface area (Å²) in [6.07, 6.45) is 0. The van der Waals surface area contributed by atoms with E-state index in [1.807, 2.05) is 0 Å². The Kier molecular flexibility index (Phi) is 6.56. The molecule has 33 heavy (non-hydrogen) atoms. The fourth-order valence-electron chi connectivity index (χ4n) is 3.47. The zero-order chi connectivity index (χ0) is 23.6. The normalized spacial score (nSPS) is 16.5. The topological polar surface area (TPSA) is 135 Å². The first-order valence-corrected chi connectivity index (χ1v) is 11.3. The summed E-state index contributed by atoms with van der Waals surface area (Å²) in [6, 6.07) is 5.41. The van der Waals surface area contributed by atoms with Gasteiger partial charge < -0.3 is 18.9 Å². The van der Waals surface area contributed by atoms with E-state index in [1.165, 1.54) is 12.1 Å². The molecule has 0 radical (unpaired) electrons. The number of non-ortho nitro benzene ring substituents is 1. The van der Waals surface area contributed by atoms with Crippen molar-refractivity contribution in [2.45, 2.75) is 18.1 Å². The number of hydrogen-bond acceptors (Lipinski definition) is 9. The van der Waals surface area contributed by atoms with E-state index in [4.69, 9.17) is 18.9 Å². The first-order chi connectivity index (χ1) is 15.8. The Bertz CT molecular complexity index is 1200. The fraction of sp³-hybridized carbons (Fsp3) is 0.350. The highest BCUT2D eigenvalue weighted by atomic mass is 32.2. The number of carbonyl (C=O) groups is 1. The predicted molar refractivity (Wildman–Crippen MR) is 108 cm³/mol. The summed E-state index contributed by atoms with van der Waals surface area (Å²) in [6.45, 7) is 0.152. The molecule has 4 rings (SSSR count). The minimum atomic E-state index is -4.18. The van der Waals surface area contributed by atoms with Crippen molar-refractivity contribution in [2.24, 2.45) is 0 Å². The number of nitro benzene ring substituents is 1. The van der Waals surface area contributed by atoms with E-state index in [0.717, 1.165) is 22.5 Å². The molecule has 0 N–H and O–H groups in total. The maximum Gasteiger partial charge on any atom is 0.338 e. The Morgan fingerprint density at radius 3 is 2.67 bits per heavy atom. The molecule has 0 unspecified atom stereocenters. The molecule has 0 aliphatic carbocycles. The predicted octanol–water partition coefficient (Wildman–Crippen LogP) is 1.98. The second-order valence-electron chi connectivity index (χ2n) is 7.20. The molecular formula is C20H19FN2O9S. The maximum atomic E-state index is 14.4. The second-order valence-corrected chi connectivity index (χ2v) is 9.11. The van der Waals surface area contributed by atoms with Crippen LogP contribution in [0.15, 0.2) is 35.2 Å². The highest BCUT2D eigenvalue weighted by Crippen LogP contribution is 2.33. The van der Waals surface area contributed by atoms with Crippen molar-refractivity contribution in [2.75, 3.05) is 33.1 Å². The van der Waals surface area contributed by atoms with Crippen molar-refractivity contribution in [1.82, 2.24) is 4.31 Å². The number of halogens is 1. The van der Waals surface area contributed by atoms with Crippen LogP contribution in [0.4, 0.5) is 10.1 Å². The molecule has 1 saturated heterocycles. The van der Waals surface area contributed by atoms with Gasteiger partial charge in [-0.05, 0) is 18.2 Å². The number of rotatable bonds is 6. The quantitative estimate of drug-likeness (QED) is 0.344.